The molecule has 0 spiro atoms. The van der Waals surface area contributed by atoms with Crippen molar-refractivity contribution in [3.05, 3.63) is 69.5 Å². The molecule has 24 heavy (non-hydrogen) atoms. The van der Waals surface area contributed by atoms with Crippen molar-refractivity contribution in [1.29, 1.82) is 5.26 Å². The van der Waals surface area contributed by atoms with E-state index >= 15 is 0 Å². The second-order valence-electron chi connectivity index (χ2n) is 6.06. The lowest BCUT2D eigenvalue weighted by Crippen LogP contribution is -2.32. The second-order valence-corrected chi connectivity index (χ2v) is 6.06. The molecule has 0 bridgehead atoms. The van der Waals surface area contributed by atoms with E-state index in [-0.39, 0.29) is 10.6 Å². The van der Waals surface area contributed by atoms with E-state index < -0.39 is 0 Å². The molecular formula is C18H18N4O2. The molecule has 6 nitrogen and oxygen atoms in total. The fourth-order valence-electron chi connectivity index (χ4n) is 3.08. The summed E-state index contributed by atoms with van der Waals surface area (Å²) in [5.41, 5.74) is 2.87. The first kappa shape index (κ1) is 16.1. The zero-order chi connectivity index (χ0) is 16.9. The Bertz CT molecular complexity index is 742. The summed E-state index contributed by atoms with van der Waals surface area (Å²) in [6.07, 6.45) is 3.70. The zero-order valence-corrected chi connectivity index (χ0v) is 13.3. The smallest absolute Gasteiger partial charge is 0.269 e. The predicted octanol–water partition coefficient (Wildman–Crippen LogP) is 3.24. The van der Waals surface area contributed by atoms with Crippen LogP contribution < -0.4 is 0 Å². The summed E-state index contributed by atoms with van der Waals surface area (Å²) in [5, 5.41) is 19.5. The number of nitriles is 1. The van der Waals surface area contributed by atoms with Crippen LogP contribution in [0, 0.1) is 21.4 Å². The number of nitro groups is 1. The number of piperidine rings is 1. The Morgan fingerprint density at radius 1 is 1.21 bits per heavy atom. The summed E-state index contributed by atoms with van der Waals surface area (Å²) in [6.45, 7) is 2.76. The van der Waals surface area contributed by atoms with Crippen molar-refractivity contribution >= 4 is 5.69 Å². The van der Waals surface area contributed by atoms with Gasteiger partial charge in [0.25, 0.3) is 5.69 Å². The zero-order valence-electron chi connectivity index (χ0n) is 13.3. The maximum absolute atomic E-state index is 10.7. The van der Waals surface area contributed by atoms with E-state index in [4.69, 9.17) is 5.26 Å². The van der Waals surface area contributed by atoms with Crippen LogP contribution in [0.15, 0.2) is 42.6 Å². The molecule has 1 aromatic carbocycles. The monoisotopic (exact) mass is 322 g/mol. The lowest BCUT2D eigenvalue weighted by molar-refractivity contribution is -0.384. The highest BCUT2D eigenvalue weighted by Gasteiger charge is 2.21. The van der Waals surface area contributed by atoms with E-state index in [1.165, 1.54) is 0 Å². The first-order valence-electron chi connectivity index (χ1n) is 7.97. The third-order valence-electron chi connectivity index (χ3n) is 4.47. The normalized spacial score (nSPS) is 15.8. The molecule has 122 valence electrons. The number of nitrogens with zero attached hydrogens (tertiary/aromatic N) is 4. The van der Waals surface area contributed by atoms with Crippen molar-refractivity contribution < 1.29 is 4.92 Å². The molecule has 1 fully saturated rings. The third-order valence-corrected chi connectivity index (χ3v) is 4.47. The van der Waals surface area contributed by atoms with Gasteiger partial charge < -0.3 is 0 Å². The molecule has 6 heteroatoms. The summed E-state index contributed by atoms with van der Waals surface area (Å²) in [4.78, 5) is 17.1. The Morgan fingerprint density at radius 3 is 2.46 bits per heavy atom. The van der Waals surface area contributed by atoms with Crippen LogP contribution in [0.3, 0.4) is 0 Å². The summed E-state index contributed by atoms with van der Waals surface area (Å²) in [6, 6.07) is 12.6. The van der Waals surface area contributed by atoms with Crippen molar-refractivity contribution in [1.82, 2.24) is 9.88 Å². The van der Waals surface area contributed by atoms with Crippen LogP contribution in [-0.4, -0.2) is 27.9 Å². The highest BCUT2D eigenvalue weighted by Crippen LogP contribution is 2.27. The van der Waals surface area contributed by atoms with E-state index in [0.29, 0.717) is 11.5 Å². The molecule has 0 N–H and O–H groups in total. The molecule has 2 aromatic rings. The van der Waals surface area contributed by atoms with Crippen molar-refractivity contribution in [2.24, 2.45) is 0 Å². The number of aromatic nitrogens is 1. The molecule has 0 unspecified atom stereocenters. The molecule has 0 aliphatic carbocycles. The molecule has 1 aromatic heterocycles. The Hall–Kier alpha value is -2.78. The maximum Gasteiger partial charge on any atom is 0.269 e. The van der Waals surface area contributed by atoms with Gasteiger partial charge in [-0.2, -0.15) is 5.26 Å². The average Bonchev–Trinajstić information content (AvgIpc) is 2.63. The number of likely N-dealkylation sites (tertiary alicyclic amines) is 1. The van der Waals surface area contributed by atoms with Crippen LogP contribution >= 0.6 is 0 Å². The molecule has 3 rings (SSSR count). The fourth-order valence-corrected chi connectivity index (χ4v) is 3.08. The SMILES string of the molecule is N#Cc1ccc(C2CCN(Cc3ccc([N+](=O)[O-])cc3)CC2)nc1. The quantitative estimate of drug-likeness (QED) is 0.637. The standard InChI is InChI=1S/C18H18N4O2/c19-11-15-3-6-18(20-12-15)16-7-9-21(10-8-16)13-14-1-4-17(5-2-14)22(23)24/h1-6,12,16H,7-10,13H2. The third kappa shape index (κ3) is 3.76. The second kappa shape index (κ2) is 7.20. The topological polar surface area (TPSA) is 83.1 Å². The van der Waals surface area contributed by atoms with Gasteiger partial charge in [0.1, 0.15) is 6.07 Å². The van der Waals surface area contributed by atoms with Crippen LogP contribution in [-0.2, 0) is 6.54 Å². The highest BCUT2D eigenvalue weighted by atomic mass is 16.6. The Morgan fingerprint density at radius 2 is 1.92 bits per heavy atom. The number of nitro benzene ring substituents is 1. The number of non-ortho nitro benzene ring substituents is 1. The van der Waals surface area contributed by atoms with Crippen LogP contribution in [0.5, 0.6) is 0 Å². The predicted molar refractivity (Wildman–Crippen MR) is 89.3 cm³/mol. The van der Waals surface area contributed by atoms with Gasteiger partial charge in [0.2, 0.25) is 0 Å². The van der Waals surface area contributed by atoms with E-state index in [2.05, 4.69) is 16.0 Å². The van der Waals surface area contributed by atoms with Gasteiger partial charge >= 0.3 is 0 Å². The Labute approximate surface area is 140 Å². The largest absolute Gasteiger partial charge is 0.299 e. The molecule has 0 atom stereocenters. The van der Waals surface area contributed by atoms with Crippen LogP contribution in [0.4, 0.5) is 5.69 Å². The highest BCUT2D eigenvalue weighted by molar-refractivity contribution is 5.33. The summed E-state index contributed by atoms with van der Waals surface area (Å²) < 4.78 is 0. The number of benzene rings is 1. The summed E-state index contributed by atoms with van der Waals surface area (Å²) in [5.74, 6) is 0.436. The molecule has 0 radical (unpaired) electrons. The average molecular weight is 322 g/mol. The minimum absolute atomic E-state index is 0.129. The minimum Gasteiger partial charge on any atom is -0.299 e. The minimum atomic E-state index is -0.375. The molecule has 1 saturated heterocycles. The van der Waals surface area contributed by atoms with E-state index in [1.807, 2.05) is 24.3 Å². The van der Waals surface area contributed by atoms with Crippen LogP contribution in [0.1, 0.15) is 35.6 Å². The lowest BCUT2D eigenvalue weighted by atomic mass is 9.92. The molecule has 1 aliphatic rings. The van der Waals surface area contributed by atoms with Gasteiger partial charge in [-0.25, -0.2) is 0 Å². The molecule has 1 aliphatic heterocycles. The van der Waals surface area contributed by atoms with Gasteiger partial charge in [-0.05, 0) is 43.6 Å². The van der Waals surface area contributed by atoms with E-state index in [1.54, 1.807) is 18.3 Å². The van der Waals surface area contributed by atoms with Gasteiger partial charge in [0.15, 0.2) is 0 Å². The van der Waals surface area contributed by atoms with Crippen LogP contribution in [0.25, 0.3) is 0 Å². The van der Waals surface area contributed by atoms with Gasteiger partial charge in [-0.3, -0.25) is 20.0 Å². The maximum atomic E-state index is 10.7. The number of pyridine rings is 1. The van der Waals surface area contributed by atoms with Crippen LogP contribution in [0.2, 0.25) is 0 Å². The van der Waals surface area contributed by atoms with Crippen molar-refractivity contribution in [2.75, 3.05) is 13.1 Å². The van der Waals surface area contributed by atoms with E-state index in [9.17, 15) is 10.1 Å². The lowest BCUT2D eigenvalue weighted by Gasteiger charge is -2.31. The van der Waals surface area contributed by atoms with E-state index in [0.717, 1.165) is 43.7 Å². The summed E-state index contributed by atoms with van der Waals surface area (Å²) in [7, 11) is 0. The molecule has 2 heterocycles. The molecule has 0 amide bonds. The summed E-state index contributed by atoms with van der Waals surface area (Å²) >= 11 is 0. The van der Waals surface area contributed by atoms with Crippen molar-refractivity contribution in [3.63, 3.8) is 0 Å². The molecular weight excluding hydrogens is 304 g/mol. The fraction of sp³-hybridized carbons (Fsp3) is 0.333. The van der Waals surface area contributed by atoms with Gasteiger partial charge in [-0.15, -0.1) is 0 Å². The van der Waals surface area contributed by atoms with Gasteiger partial charge in [0.05, 0.1) is 10.5 Å². The number of hydrogen-bond donors (Lipinski definition) is 0. The molecule has 0 saturated carbocycles. The van der Waals surface area contributed by atoms with Gasteiger partial charge in [0, 0.05) is 36.5 Å². The van der Waals surface area contributed by atoms with Crippen molar-refractivity contribution in [2.45, 2.75) is 25.3 Å². The Balaban J connectivity index is 1.54. The van der Waals surface area contributed by atoms with Gasteiger partial charge in [-0.1, -0.05) is 12.1 Å². The van der Waals surface area contributed by atoms with Crippen molar-refractivity contribution in [3.8, 4) is 6.07 Å². The first-order chi connectivity index (χ1) is 11.7. The number of hydrogen-bond acceptors (Lipinski definition) is 5. The Kier molecular flexibility index (Phi) is 4.82. The number of rotatable bonds is 4. The first-order valence-corrected chi connectivity index (χ1v) is 7.97.